The molecule has 0 bridgehead atoms. The number of aryl methyl sites for hydroxylation is 1. The third kappa shape index (κ3) is 3.23. The number of nitrogens with zero attached hydrogens (tertiary/aromatic N) is 6. The van der Waals surface area contributed by atoms with Crippen molar-refractivity contribution in [3.63, 3.8) is 0 Å². The van der Waals surface area contributed by atoms with Gasteiger partial charge in [0, 0.05) is 52.0 Å². The van der Waals surface area contributed by atoms with Crippen LogP contribution in [0.1, 0.15) is 0 Å². The van der Waals surface area contributed by atoms with Crippen LogP contribution in [0.5, 0.6) is 5.75 Å². The zero-order valence-corrected chi connectivity index (χ0v) is 18.4. The van der Waals surface area contributed by atoms with Gasteiger partial charge in [-0.15, -0.1) is 0 Å². The monoisotopic (exact) mass is 438 g/mol. The van der Waals surface area contributed by atoms with Crippen LogP contribution in [0, 0.1) is 0 Å². The topological polar surface area (TPSA) is 87.9 Å². The summed E-state index contributed by atoms with van der Waals surface area (Å²) in [4.78, 5) is 32.5. The highest BCUT2D eigenvalue weighted by molar-refractivity contribution is 5.78. The van der Waals surface area contributed by atoms with Gasteiger partial charge in [-0.2, -0.15) is 4.98 Å². The summed E-state index contributed by atoms with van der Waals surface area (Å²) in [6.45, 7) is 4.77. The van der Waals surface area contributed by atoms with E-state index < -0.39 is 5.69 Å². The van der Waals surface area contributed by atoms with Crippen LogP contribution in [0.25, 0.3) is 28.2 Å². The molecule has 0 radical (unpaired) electrons. The fourth-order valence-corrected chi connectivity index (χ4v) is 4.29. The van der Waals surface area contributed by atoms with E-state index in [1.807, 2.05) is 30.5 Å². The molecule has 1 aliphatic rings. The molecular weight excluding hydrogens is 412 g/mol. The lowest BCUT2D eigenvalue weighted by Gasteiger charge is -2.26. The van der Waals surface area contributed by atoms with Crippen molar-refractivity contribution in [1.82, 2.24) is 28.0 Å². The molecule has 1 fully saturated rings. The number of methoxy groups -OCH3 is 1. The van der Waals surface area contributed by atoms with Gasteiger partial charge in [0.15, 0.2) is 11.2 Å². The summed E-state index contributed by atoms with van der Waals surface area (Å²) in [6, 6.07) is 7.82. The minimum absolute atomic E-state index is 0.359. The van der Waals surface area contributed by atoms with E-state index in [0.717, 1.165) is 54.4 Å². The number of fused-ring (bicyclic) bond motifs is 3. The molecule has 32 heavy (non-hydrogen) atoms. The highest BCUT2D eigenvalue weighted by Crippen LogP contribution is 2.27. The van der Waals surface area contributed by atoms with Crippen LogP contribution in [0.15, 0.2) is 40.1 Å². The molecule has 0 atom stereocenters. The standard InChI is InChI=1S/C22H26N6O4/c1-24-19-18(20(29)25(2)22(24)30)28-14-17(15-4-6-16(31-3)7-5-15)27(21(28)23-19)9-8-26-10-12-32-13-11-26/h4-7,14H,8-13H2,1-3H3. The lowest BCUT2D eigenvalue weighted by molar-refractivity contribution is 0.0365. The molecule has 168 valence electrons. The Kier molecular flexibility index (Phi) is 5.10. The molecule has 1 aliphatic heterocycles. The Labute approximate surface area is 183 Å². The van der Waals surface area contributed by atoms with Crippen LogP contribution < -0.4 is 16.0 Å². The van der Waals surface area contributed by atoms with Crippen molar-refractivity contribution < 1.29 is 9.47 Å². The number of ether oxygens (including phenoxy) is 2. The number of aromatic nitrogens is 5. The zero-order valence-electron chi connectivity index (χ0n) is 18.4. The molecular formula is C22H26N6O4. The second-order valence-corrected chi connectivity index (χ2v) is 8.01. The summed E-state index contributed by atoms with van der Waals surface area (Å²) in [5, 5.41) is 0. The largest absolute Gasteiger partial charge is 0.497 e. The van der Waals surface area contributed by atoms with E-state index in [1.54, 1.807) is 18.6 Å². The van der Waals surface area contributed by atoms with Crippen molar-refractivity contribution in [2.24, 2.45) is 14.1 Å². The number of rotatable bonds is 5. The van der Waals surface area contributed by atoms with Crippen LogP contribution in [0.2, 0.25) is 0 Å². The predicted octanol–water partition coefficient (Wildman–Crippen LogP) is 0.694. The molecule has 3 aromatic heterocycles. The average molecular weight is 438 g/mol. The van der Waals surface area contributed by atoms with Crippen molar-refractivity contribution in [3.05, 3.63) is 51.3 Å². The van der Waals surface area contributed by atoms with E-state index in [9.17, 15) is 9.59 Å². The lowest BCUT2D eigenvalue weighted by Crippen LogP contribution is -2.38. The van der Waals surface area contributed by atoms with Crippen molar-refractivity contribution in [2.75, 3.05) is 40.0 Å². The van der Waals surface area contributed by atoms with E-state index in [4.69, 9.17) is 14.5 Å². The maximum absolute atomic E-state index is 13.0. The van der Waals surface area contributed by atoms with Gasteiger partial charge in [0.2, 0.25) is 5.78 Å². The van der Waals surface area contributed by atoms with Crippen LogP contribution in [-0.4, -0.2) is 67.9 Å². The Morgan fingerprint density at radius 2 is 1.75 bits per heavy atom. The normalized spacial score (nSPS) is 15.1. The average Bonchev–Trinajstić information content (AvgIpc) is 3.37. The molecule has 0 N–H and O–H groups in total. The van der Waals surface area contributed by atoms with Crippen LogP contribution in [0.3, 0.4) is 0 Å². The van der Waals surface area contributed by atoms with Gasteiger partial charge >= 0.3 is 5.69 Å². The minimum atomic E-state index is -0.390. The number of imidazole rings is 2. The van der Waals surface area contributed by atoms with E-state index in [-0.39, 0.29) is 5.56 Å². The van der Waals surface area contributed by atoms with Gasteiger partial charge < -0.3 is 14.0 Å². The molecule has 0 saturated carbocycles. The third-order valence-electron chi connectivity index (χ3n) is 6.19. The summed E-state index contributed by atoms with van der Waals surface area (Å²) in [5.74, 6) is 1.41. The van der Waals surface area contributed by atoms with Gasteiger partial charge in [0.25, 0.3) is 5.56 Å². The quantitative estimate of drug-likeness (QED) is 0.456. The SMILES string of the molecule is COc1ccc(-c2cn3c4c(=O)n(C)c(=O)n(C)c4nc3n2CCN2CCOCC2)cc1. The Morgan fingerprint density at radius 3 is 2.44 bits per heavy atom. The zero-order chi connectivity index (χ0) is 22.4. The molecule has 4 heterocycles. The van der Waals surface area contributed by atoms with Gasteiger partial charge in [-0.25, -0.2) is 4.79 Å². The third-order valence-corrected chi connectivity index (χ3v) is 6.19. The van der Waals surface area contributed by atoms with E-state index in [2.05, 4.69) is 9.47 Å². The fourth-order valence-electron chi connectivity index (χ4n) is 4.29. The Balaban J connectivity index is 1.70. The molecule has 1 saturated heterocycles. The maximum atomic E-state index is 13.0. The summed E-state index contributed by atoms with van der Waals surface area (Å²) >= 11 is 0. The highest BCUT2D eigenvalue weighted by atomic mass is 16.5. The lowest BCUT2D eigenvalue weighted by atomic mass is 10.1. The van der Waals surface area contributed by atoms with Crippen molar-refractivity contribution in [1.29, 1.82) is 0 Å². The first-order valence-electron chi connectivity index (χ1n) is 10.6. The smallest absolute Gasteiger partial charge is 0.332 e. The van der Waals surface area contributed by atoms with Crippen molar-refractivity contribution in [2.45, 2.75) is 6.54 Å². The number of hydrogen-bond donors (Lipinski definition) is 0. The predicted molar refractivity (Wildman–Crippen MR) is 120 cm³/mol. The van der Waals surface area contributed by atoms with Gasteiger partial charge in [0.1, 0.15) is 5.75 Å². The second kappa shape index (κ2) is 7.95. The summed E-state index contributed by atoms with van der Waals surface area (Å²) < 4.78 is 17.2. The minimum Gasteiger partial charge on any atom is -0.497 e. The fraction of sp³-hybridized carbons (Fsp3) is 0.409. The van der Waals surface area contributed by atoms with E-state index in [1.165, 1.54) is 11.6 Å². The van der Waals surface area contributed by atoms with Crippen LogP contribution in [0.4, 0.5) is 0 Å². The van der Waals surface area contributed by atoms with Crippen LogP contribution >= 0.6 is 0 Å². The van der Waals surface area contributed by atoms with Gasteiger partial charge in [-0.3, -0.25) is 23.2 Å². The van der Waals surface area contributed by atoms with Gasteiger partial charge in [0.05, 0.1) is 26.0 Å². The van der Waals surface area contributed by atoms with Crippen LogP contribution in [-0.2, 0) is 25.4 Å². The first kappa shape index (κ1) is 20.5. The highest BCUT2D eigenvalue weighted by Gasteiger charge is 2.21. The molecule has 5 rings (SSSR count). The first-order valence-corrected chi connectivity index (χ1v) is 10.6. The molecule has 0 amide bonds. The number of morpholine rings is 1. The maximum Gasteiger partial charge on any atom is 0.332 e. The molecule has 4 aromatic rings. The van der Waals surface area contributed by atoms with E-state index in [0.29, 0.717) is 23.5 Å². The summed E-state index contributed by atoms with van der Waals surface area (Å²) in [5.41, 5.74) is 1.97. The Morgan fingerprint density at radius 1 is 1.03 bits per heavy atom. The molecule has 0 spiro atoms. The number of benzene rings is 1. The van der Waals surface area contributed by atoms with Gasteiger partial charge in [-0.05, 0) is 24.3 Å². The molecule has 10 heteroatoms. The second-order valence-electron chi connectivity index (χ2n) is 8.01. The van der Waals surface area contributed by atoms with Crippen molar-refractivity contribution in [3.8, 4) is 17.0 Å². The van der Waals surface area contributed by atoms with Crippen molar-refractivity contribution >= 4 is 16.9 Å². The summed E-state index contributed by atoms with van der Waals surface area (Å²) in [6.07, 6.45) is 1.93. The van der Waals surface area contributed by atoms with E-state index >= 15 is 0 Å². The molecule has 1 aromatic carbocycles. The Bertz CT molecular complexity index is 1400. The Hall–Kier alpha value is -3.37. The first-order chi connectivity index (χ1) is 15.5. The molecule has 0 unspecified atom stereocenters. The summed E-state index contributed by atoms with van der Waals surface area (Å²) in [7, 11) is 4.77. The number of hydrogen-bond acceptors (Lipinski definition) is 6. The molecule has 0 aliphatic carbocycles. The van der Waals surface area contributed by atoms with Gasteiger partial charge in [-0.1, -0.05) is 0 Å². The molecule has 10 nitrogen and oxygen atoms in total.